The lowest BCUT2D eigenvalue weighted by Crippen LogP contribution is -2.48. The number of rotatable bonds is 8. The number of aryl methyl sites for hydroxylation is 1. The van der Waals surface area contributed by atoms with Crippen molar-refractivity contribution in [3.8, 4) is 5.75 Å². The lowest BCUT2D eigenvalue weighted by Gasteiger charge is -2.18. The Morgan fingerprint density at radius 1 is 1.20 bits per heavy atom. The van der Waals surface area contributed by atoms with Gasteiger partial charge in [-0.3, -0.25) is 4.79 Å². The summed E-state index contributed by atoms with van der Waals surface area (Å²) in [5.41, 5.74) is 2.00. The van der Waals surface area contributed by atoms with Crippen LogP contribution in [0.4, 0.5) is 13.2 Å². The number of ether oxygens (including phenoxy) is 1. The van der Waals surface area contributed by atoms with Gasteiger partial charge in [0.2, 0.25) is 5.91 Å². The molecule has 30 heavy (non-hydrogen) atoms. The third kappa shape index (κ3) is 5.98. The first-order chi connectivity index (χ1) is 14.2. The maximum atomic E-state index is 12.4. The summed E-state index contributed by atoms with van der Waals surface area (Å²) in [6.45, 7) is 0.329. The van der Waals surface area contributed by atoms with Crippen molar-refractivity contribution in [2.75, 3.05) is 0 Å². The van der Waals surface area contributed by atoms with E-state index in [1.54, 1.807) is 10.9 Å². The van der Waals surface area contributed by atoms with Crippen LogP contribution in [0.15, 0.2) is 54.9 Å². The zero-order valence-corrected chi connectivity index (χ0v) is 15.7. The number of para-hydroxylation sites is 2. The molecule has 1 amide bonds. The van der Waals surface area contributed by atoms with Gasteiger partial charge in [0.05, 0.1) is 23.3 Å². The molecule has 0 saturated heterocycles. The normalized spacial score (nSPS) is 12.6. The molecule has 1 atom stereocenters. The molecule has 0 aliphatic carbocycles. The van der Waals surface area contributed by atoms with E-state index in [1.807, 2.05) is 24.3 Å². The Kier molecular flexibility index (Phi) is 6.63. The number of halogens is 3. The fourth-order valence-corrected chi connectivity index (χ4v) is 3.04. The molecule has 0 aliphatic rings. The number of nitrogens with one attached hydrogen (secondary N) is 1. The molecule has 0 spiro atoms. The third-order valence-electron chi connectivity index (χ3n) is 4.40. The van der Waals surface area contributed by atoms with Gasteiger partial charge in [0.25, 0.3) is 0 Å². The van der Waals surface area contributed by atoms with Gasteiger partial charge in [0.15, 0.2) is 0 Å². The molecule has 3 rings (SSSR count). The average molecular weight is 421 g/mol. The van der Waals surface area contributed by atoms with Crippen LogP contribution in [-0.2, 0) is 17.8 Å². The third-order valence-corrected chi connectivity index (χ3v) is 4.40. The molecule has 0 aliphatic heterocycles. The number of hydrogen-bond donors (Lipinski definition) is 3. The van der Waals surface area contributed by atoms with Gasteiger partial charge < -0.3 is 24.7 Å². The molecule has 2 aromatic carbocycles. The van der Waals surface area contributed by atoms with Crippen molar-refractivity contribution >= 4 is 24.1 Å². The monoisotopic (exact) mass is 421 g/mol. The second-order valence-electron chi connectivity index (χ2n) is 6.66. The minimum absolute atomic E-state index is 0.0563. The summed E-state index contributed by atoms with van der Waals surface area (Å²) in [7, 11) is -1.89. The largest absolute Gasteiger partial charge is 0.573 e. The summed E-state index contributed by atoms with van der Waals surface area (Å²) in [5.74, 6) is -1.96. The van der Waals surface area contributed by atoms with E-state index in [0.717, 1.165) is 23.2 Å². The fourth-order valence-electron chi connectivity index (χ4n) is 3.04. The molecule has 158 valence electrons. The zero-order chi connectivity index (χ0) is 21.7. The van der Waals surface area contributed by atoms with Crippen molar-refractivity contribution in [1.29, 1.82) is 0 Å². The minimum atomic E-state index is -4.83. The molecule has 1 heterocycles. The molecular weight excluding hydrogens is 402 g/mol. The molecule has 0 saturated carbocycles. The molecule has 1 aromatic heterocycles. The first-order valence-corrected chi connectivity index (χ1v) is 9.11. The van der Waals surface area contributed by atoms with Crippen LogP contribution in [0.25, 0.3) is 11.0 Å². The summed E-state index contributed by atoms with van der Waals surface area (Å²) >= 11 is 0. The highest BCUT2D eigenvalue weighted by Gasteiger charge is 2.31. The Bertz CT molecular complexity index is 1010. The summed E-state index contributed by atoms with van der Waals surface area (Å²) in [4.78, 5) is 16.5. The SMILES string of the molecule is O=C(CCn1cnc2ccccc21)N[C@@H](Cc1cccc(OC(F)(F)F)c1)B(O)O. The molecule has 0 radical (unpaired) electrons. The van der Waals surface area contributed by atoms with Crippen molar-refractivity contribution in [2.45, 2.75) is 31.7 Å². The van der Waals surface area contributed by atoms with Gasteiger partial charge in [0, 0.05) is 13.0 Å². The number of alkyl halides is 3. The topological polar surface area (TPSA) is 96.6 Å². The van der Waals surface area contributed by atoms with Gasteiger partial charge in [-0.1, -0.05) is 24.3 Å². The number of hydrogen-bond acceptors (Lipinski definition) is 5. The standard InChI is InChI=1S/C19H19BF3N3O4/c21-19(22,23)30-14-5-3-4-13(10-14)11-17(20(28)29)25-18(27)8-9-26-12-24-15-6-1-2-7-16(15)26/h1-7,10,12,17,28-29H,8-9,11H2,(H,25,27)/t17-/m0/s1. The first-order valence-electron chi connectivity index (χ1n) is 9.11. The van der Waals surface area contributed by atoms with Crippen LogP contribution in [0.3, 0.4) is 0 Å². The smallest absolute Gasteiger partial charge is 0.426 e. The fraction of sp³-hybridized carbons (Fsp3) is 0.263. The quantitative estimate of drug-likeness (QED) is 0.484. The van der Waals surface area contributed by atoms with E-state index >= 15 is 0 Å². The molecule has 7 nitrogen and oxygen atoms in total. The number of amides is 1. The Morgan fingerprint density at radius 2 is 1.97 bits per heavy atom. The lowest BCUT2D eigenvalue weighted by molar-refractivity contribution is -0.274. The maximum Gasteiger partial charge on any atom is 0.573 e. The second kappa shape index (κ2) is 9.18. The highest BCUT2D eigenvalue weighted by Crippen LogP contribution is 2.23. The number of carbonyl (C=O) groups is 1. The molecule has 0 unspecified atom stereocenters. The van der Waals surface area contributed by atoms with Gasteiger partial charge in [-0.15, -0.1) is 13.2 Å². The number of benzene rings is 2. The first kappa shape index (κ1) is 21.7. The molecular formula is C19H19BF3N3O4. The van der Waals surface area contributed by atoms with Crippen molar-refractivity contribution in [3.63, 3.8) is 0 Å². The predicted molar refractivity (Wildman–Crippen MR) is 103 cm³/mol. The number of fused-ring (bicyclic) bond motifs is 1. The lowest BCUT2D eigenvalue weighted by atomic mass is 9.76. The van der Waals surface area contributed by atoms with Crippen LogP contribution in [0.2, 0.25) is 0 Å². The molecule has 0 fully saturated rings. The van der Waals surface area contributed by atoms with E-state index < -0.39 is 31.1 Å². The number of imidazole rings is 1. The van der Waals surface area contributed by atoms with Gasteiger partial charge in [0.1, 0.15) is 5.75 Å². The van der Waals surface area contributed by atoms with Crippen LogP contribution >= 0.6 is 0 Å². The maximum absolute atomic E-state index is 12.4. The predicted octanol–water partition coefficient (Wildman–Crippen LogP) is 2.06. The van der Waals surface area contributed by atoms with E-state index in [9.17, 15) is 28.0 Å². The van der Waals surface area contributed by atoms with Gasteiger partial charge >= 0.3 is 13.5 Å². The highest BCUT2D eigenvalue weighted by atomic mass is 19.4. The Labute approximate surface area is 170 Å². The van der Waals surface area contributed by atoms with E-state index in [4.69, 9.17) is 0 Å². The van der Waals surface area contributed by atoms with Gasteiger partial charge in [-0.05, 0) is 36.2 Å². The van der Waals surface area contributed by atoms with Crippen LogP contribution in [-0.4, -0.2) is 44.9 Å². The summed E-state index contributed by atoms with van der Waals surface area (Å²) < 4.78 is 42.8. The van der Waals surface area contributed by atoms with Crippen molar-refractivity contribution < 1.29 is 32.8 Å². The van der Waals surface area contributed by atoms with Gasteiger partial charge in [-0.2, -0.15) is 0 Å². The Balaban J connectivity index is 1.60. The van der Waals surface area contributed by atoms with E-state index in [1.165, 1.54) is 12.1 Å². The summed E-state index contributed by atoms with van der Waals surface area (Å²) in [5, 5.41) is 21.7. The highest BCUT2D eigenvalue weighted by molar-refractivity contribution is 6.43. The van der Waals surface area contributed by atoms with Crippen LogP contribution < -0.4 is 10.1 Å². The molecule has 11 heteroatoms. The van der Waals surface area contributed by atoms with Gasteiger partial charge in [-0.25, -0.2) is 4.98 Å². The minimum Gasteiger partial charge on any atom is -0.426 e. The summed E-state index contributed by atoms with van der Waals surface area (Å²) in [6, 6.07) is 12.6. The number of carbonyl (C=O) groups excluding carboxylic acids is 1. The second-order valence-corrected chi connectivity index (χ2v) is 6.66. The molecule has 3 aromatic rings. The van der Waals surface area contributed by atoms with Crippen molar-refractivity contribution in [2.24, 2.45) is 0 Å². The molecule has 0 bridgehead atoms. The van der Waals surface area contributed by atoms with E-state index in [0.29, 0.717) is 12.1 Å². The zero-order valence-electron chi connectivity index (χ0n) is 15.7. The molecule has 3 N–H and O–H groups in total. The van der Waals surface area contributed by atoms with Crippen LogP contribution in [0.1, 0.15) is 12.0 Å². The van der Waals surface area contributed by atoms with Crippen molar-refractivity contribution in [3.05, 3.63) is 60.4 Å². The summed E-state index contributed by atoms with van der Waals surface area (Å²) in [6.07, 6.45) is -3.25. The average Bonchev–Trinajstić information content (AvgIpc) is 3.08. The van der Waals surface area contributed by atoms with Crippen LogP contribution in [0, 0.1) is 0 Å². The van der Waals surface area contributed by atoms with Crippen LogP contribution in [0.5, 0.6) is 5.75 Å². The van der Waals surface area contributed by atoms with E-state index in [-0.39, 0.29) is 12.8 Å². The number of nitrogens with zero attached hydrogens (tertiary/aromatic N) is 2. The Morgan fingerprint density at radius 3 is 2.70 bits per heavy atom. The Hall–Kier alpha value is -3.05. The van der Waals surface area contributed by atoms with Crippen molar-refractivity contribution in [1.82, 2.24) is 14.9 Å². The number of aromatic nitrogens is 2. The van der Waals surface area contributed by atoms with E-state index in [2.05, 4.69) is 15.0 Å².